The zero-order valence-corrected chi connectivity index (χ0v) is 11.9. The van der Waals surface area contributed by atoms with Crippen LogP contribution in [0, 0.1) is 0 Å². The summed E-state index contributed by atoms with van der Waals surface area (Å²) >= 11 is 0. The molecule has 1 saturated heterocycles. The van der Waals surface area contributed by atoms with Crippen LogP contribution in [0.5, 0.6) is 0 Å². The number of amides is 1. The van der Waals surface area contributed by atoms with E-state index in [-0.39, 0.29) is 11.9 Å². The molecule has 1 N–H and O–H groups in total. The first-order valence-corrected chi connectivity index (χ1v) is 6.57. The lowest BCUT2D eigenvalue weighted by Crippen LogP contribution is -2.46. The minimum Gasteiger partial charge on any atom is -0.444 e. The summed E-state index contributed by atoms with van der Waals surface area (Å²) in [5.41, 5.74) is -0.0569. The van der Waals surface area contributed by atoms with Crippen LogP contribution in [-0.4, -0.2) is 36.2 Å². The minimum absolute atomic E-state index is 0.168. The molecule has 0 aliphatic carbocycles. The Hall–Kier alpha value is -1.88. The Morgan fingerprint density at radius 2 is 1.90 bits per heavy atom. The second-order valence-electron chi connectivity index (χ2n) is 5.73. The highest BCUT2D eigenvalue weighted by molar-refractivity contribution is 6.02. The summed E-state index contributed by atoms with van der Waals surface area (Å²) in [6, 6.07) is 8.13. The summed E-state index contributed by atoms with van der Waals surface area (Å²) in [6.45, 7) is 5.79. The number of epoxide rings is 1. The lowest BCUT2D eigenvalue weighted by Gasteiger charge is -2.22. The first kappa shape index (κ1) is 14.5. The summed E-state index contributed by atoms with van der Waals surface area (Å²) in [7, 11) is 0. The van der Waals surface area contributed by atoms with Gasteiger partial charge in [0, 0.05) is 5.56 Å². The number of hydrogen-bond donors (Lipinski definition) is 1. The quantitative estimate of drug-likeness (QED) is 0.676. The molecule has 2 atom stereocenters. The van der Waals surface area contributed by atoms with Crippen LogP contribution in [0.15, 0.2) is 30.3 Å². The average molecular weight is 277 g/mol. The zero-order chi connectivity index (χ0) is 14.8. The van der Waals surface area contributed by atoms with E-state index in [4.69, 9.17) is 9.47 Å². The van der Waals surface area contributed by atoms with Gasteiger partial charge in [-0.2, -0.15) is 0 Å². The number of ether oxygens (including phenoxy) is 2. The third kappa shape index (κ3) is 4.06. The second kappa shape index (κ2) is 5.63. The van der Waals surface area contributed by atoms with Gasteiger partial charge in [-0.1, -0.05) is 30.3 Å². The van der Waals surface area contributed by atoms with Crippen LogP contribution in [-0.2, 0) is 9.47 Å². The number of alkyl carbamates (subject to hydrolysis) is 1. The highest BCUT2D eigenvalue weighted by Crippen LogP contribution is 2.19. The second-order valence-corrected chi connectivity index (χ2v) is 5.73. The van der Waals surface area contributed by atoms with E-state index in [1.807, 2.05) is 6.07 Å². The minimum atomic E-state index is -0.702. The van der Waals surface area contributed by atoms with E-state index < -0.39 is 17.7 Å². The SMILES string of the molecule is CC(C)(C)OC(=O)N[C@@H](C(=O)c1ccccc1)[C@H]1CO1. The van der Waals surface area contributed by atoms with Crippen molar-refractivity contribution >= 4 is 11.9 Å². The Morgan fingerprint density at radius 3 is 2.40 bits per heavy atom. The van der Waals surface area contributed by atoms with Gasteiger partial charge in [0.1, 0.15) is 17.7 Å². The molecule has 108 valence electrons. The Balaban J connectivity index is 2.05. The summed E-state index contributed by atoms with van der Waals surface area (Å²) in [5.74, 6) is -0.168. The molecule has 1 aliphatic heterocycles. The maximum absolute atomic E-state index is 12.4. The number of rotatable bonds is 4. The van der Waals surface area contributed by atoms with Gasteiger partial charge in [0.05, 0.1) is 6.61 Å². The Labute approximate surface area is 118 Å². The molecule has 2 rings (SSSR count). The summed E-state index contributed by atoms with van der Waals surface area (Å²) < 4.78 is 10.3. The van der Waals surface area contributed by atoms with Crippen molar-refractivity contribution in [2.75, 3.05) is 6.61 Å². The molecule has 20 heavy (non-hydrogen) atoms. The number of nitrogens with one attached hydrogen (secondary N) is 1. The van der Waals surface area contributed by atoms with Gasteiger partial charge in [0.2, 0.25) is 0 Å². The van der Waals surface area contributed by atoms with E-state index in [2.05, 4.69) is 5.32 Å². The fourth-order valence-electron chi connectivity index (χ4n) is 1.79. The number of Topliss-reactive ketones (excluding diaryl/α,β-unsaturated/α-hetero) is 1. The smallest absolute Gasteiger partial charge is 0.408 e. The average Bonchev–Trinajstić information content (AvgIpc) is 3.18. The van der Waals surface area contributed by atoms with Crippen molar-refractivity contribution < 1.29 is 19.1 Å². The van der Waals surface area contributed by atoms with Crippen molar-refractivity contribution in [3.05, 3.63) is 35.9 Å². The predicted molar refractivity (Wildman–Crippen MR) is 73.7 cm³/mol. The van der Waals surface area contributed by atoms with E-state index in [1.54, 1.807) is 45.0 Å². The van der Waals surface area contributed by atoms with Crippen LogP contribution in [0.2, 0.25) is 0 Å². The fraction of sp³-hybridized carbons (Fsp3) is 0.467. The molecule has 5 nitrogen and oxygen atoms in total. The zero-order valence-electron chi connectivity index (χ0n) is 11.9. The molecule has 0 bridgehead atoms. The molecule has 1 aliphatic rings. The first-order valence-electron chi connectivity index (χ1n) is 6.57. The molecule has 0 radical (unpaired) electrons. The van der Waals surface area contributed by atoms with Crippen LogP contribution >= 0.6 is 0 Å². The van der Waals surface area contributed by atoms with Crippen molar-refractivity contribution in [1.29, 1.82) is 0 Å². The van der Waals surface area contributed by atoms with Crippen molar-refractivity contribution in [2.45, 2.75) is 38.5 Å². The van der Waals surface area contributed by atoms with E-state index in [9.17, 15) is 9.59 Å². The van der Waals surface area contributed by atoms with Crippen LogP contribution in [0.1, 0.15) is 31.1 Å². The standard InChI is InChI=1S/C15H19NO4/c1-15(2,3)20-14(18)16-12(11-9-19-11)13(17)10-7-5-4-6-8-10/h4-8,11-12H,9H2,1-3H3,(H,16,18)/t11-,12-/m1/s1. The van der Waals surface area contributed by atoms with E-state index in [0.29, 0.717) is 12.2 Å². The number of benzene rings is 1. The van der Waals surface area contributed by atoms with Gasteiger partial charge in [-0.05, 0) is 20.8 Å². The van der Waals surface area contributed by atoms with Crippen LogP contribution in [0.4, 0.5) is 4.79 Å². The first-order chi connectivity index (χ1) is 9.37. The van der Waals surface area contributed by atoms with E-state index >= 15 is 0 Å². The molecule has 5 heteroatoms. The summed E-state index contributed by atoms with van der Waals surface area (Å²) in [6.07, 6.45) is -0.877. The van der Waals surface area contributed by atoms with Crippen molar-refractivity contribution in [3.63, 3.8) is 0 Å². The van der Waals surface area contributed by atoms with E-state index in [1.165, 1.54) is 0 Å². The van der Waals surface area contributed by atoms with Gasteiger partial charge >= 0.3 is 6.09 Å². The molecule has 0 spiro atoms. The molecule has 0 saturated carbocycles. The number of hydrogen-bond acceptors (Lipinski definition) is 4. The molecule has 1 heterocycles. The van der Waals surface area contributed by atoms with Crippen LogP contribution in [0.25, 0.3) is 0 Å². The highest BCUT2D eigenvalue weighted by Gasteiger charge is 2.39. The molecular weight excluding hydrogens is 258 g/mol. The summed E-state index contributed by atoms with van der Waals surface area (Å²) in [4.78, 5) is 24.2. The third-order valence-electron chi connectivity index (χ3n) is 2.74. The number of carbonyl (C=O) groups excluding carboxylic acids is 2. The number of carbonyl (C=O) groups is 2. The lowest BCUT2D eigenvalue weighted by atomic mass is 10.0. The third-order valence-corrected chi connectivity index (χ3v) is 2.74. The maximum atomic E-state index is 12.4. The van der Waals surface area contributed by atoms with Crippen molar-refractivity contribution in [1.82, 2.24) is 5.32 Å². The van der Waals surface area contributed by atoms with Gasteiger partial charge in [-0.15, -0.1) is 0 Å². The molecule has 0 unspecified atom stereocenters. The monoisotopic (exact) mass is 277 g/mol. The van der Waals surface area contributed by atoms with Gasteiger partial charge in [0.25, 0.3) is 0 Å². The van der Waals surface area contributed by atoms with Crippen molar-refractivity contribution in [3.8, 4) is 0 Å². The van der Waals surface area contributed by atoms with Crippen molar-refractivity contribution in [2.24, 2.45) is 0 Å². The lowest BCUT2D eigenvalue weighted by molar-refractivity contribution is 0.0481. The van der Waals surface area contributed by atoms with Gasteiger partial charge in [-0.3, -0.25) is 4.79 Å². The largest absolute Gasteiger partial charge is 0.444 e. The van der Waals surface area contributed by atoms with Crippen LogP contribution in [0.3, 0.4) is 0 Å². The molecular formula is C15H19NO4. The van der Waals surface area contributed by atoms with E-state index in [0.717, 1.165) is 0 Å². The molecule has 0 aromatic heterocycles. The van der Waals surface area contributed by atoms with Gasteiger partial charge in [0.15, 0.2) is 5.78 Å². The Kier molecular flexibility index (Phi) is 4.09. The van der Waals surface area contributed by atoms with Gasteiger partial charge in [-0.25, -0.2) is 4.79 Å². The maximum Gasteiger partial charge on any atom is 0.408 e. The molecule has 1 aromatic rings. The topological polar surface area (TPSA) is 67.9 Å². The molecule has 1 amide bonds. The predicted octanol–water partition coefficient (Wildman–Crippen LogP) is 2.16. The highest BCUT2D eigenvalue weighted by atomic mass is 16.6. The Bertz CT molecular complexity index is 488. The molecule has 1 aromatic carbocycles. The Morgan fingerprint density at radius 1 is 1.30 bits per heavy atom. The fourth-order valence-corrected chi connectivity index (χ4v) is 1.79. The molecule has 1 fully saturated rings. The number of ketones is 1. The summed E-state index contributed by atoms with van der Waals surface area (Å²) in [5, 5.41) is 2.60. The van der Waals surface area contributed by atoms with Crippen LogP contribution < -0.4 is 5.32 Å². The normalized spacial score (nSPS) is 19.1. The van der Waals surface area contributed by atoms with Gasteiger partial charge < -0.3 is 14.8 Å².